The molecule has 0 N–H and O–H groups in total. The number of amides is 1. The van der Waals surface area contributed by atoms with Crippen LogP contribution in [0.1, 0.15) is 22.8 Å². The lowest BCUT2D eigenvalue weighted by atomic mass is 10.1. The van der Waals surface area contributed by atoms with Crippen LogP contribution in [0.15, 0.2) is 28.4 Å². The largest absolute Gasteiger partial charge is 0.494 e. The molecule has 4 nitrogen and oxygen atoms in total. The van der Waals surface area contributed by atoms with E-state index < -0.39 is 0 Å². The van der Waals surface area contributed by atoms with E-state index in [0.717, 1.165) is 5.56 Å². The Labute approximate surface area is 81.6 Å². The summed E-state index contributed by atoms with van der Waals surface area (Å²) in [6.07, 6.45) is 0. The highest BCUT2D eigenvalue weighted by Gasteiger charge is 2.15. The SMILES string of the molecule is CCOc1ccc2c(c1)C(=O)N=NC2. The van der Waals surface area contributed by atoms with E-state index >= 15 is 0 Å². The number of hydrogen-bond donors (Lipinski definition) is 0. The fourth-order valence-corrected chi connectivity index (χ4v) is 1.38. The summed E-state index contributed by atoms with van der Waals surface area (Å²) in [7, 11) is 0. The van der Waals surface area contributed by atoms with Crippen molar-refractivity contribution in [3.8, 4) is 5.75 Å². The average molecular weight is 190 g/mol. The molecule has 1 heterocycles. The predicted molar refractivity (Wildman–Crippen MR) is 50.5 cm³/mol. The molecular weight excluding hydrogens is 180 g/mol. The van der Waals surface area contributed by atoms with E-state index in [2.05, 4.69) is 10.2 Å². The molecule has 0 aliphatic carbocycles. The smallest absolute Gasteiger partial charge is 0.295 e. The van der Waals surface area contributed by atoms with Gasteiger partial charge in [-0.25, -0.2) is 0 Å². The second kappa shape index (κ2) is 3.57. The quantitative estimate of drug-likeness (QED) is 0.717. The van der Waals surface area contributed by atoms with Crippen molar-refractivity contribution >= 4 is 5.91 Å². The number of azo groups is 1. The third-order valence-electron chi connectivity index (χ3n) is 2.03. The van der Waals surface area contributed by atoms with Crippen LogP contribution in [0.25, 0.3) is 0 Å². The number of ether oxygens (including phenoxy) is 1. The van der Waals surface area contributed by atoms with Crippen molar-refractivity contribution in [2.45, 2.75) is 13.5 Å². The molecule has 0 fully saturated rings. The number of carbonyl (C=O) groups is 1. The summed E-state index contributed by atoms with van der Waals surface area (Å²) in [5, 5.41) is 7.21. The molecule has 0 atom stereocenters. The Morgan fingerprint density at radius 2 is 2.36 bits per heavy atom. The highest BCUT2D eigenvalue weighted by molar-refractivity contribution is 5.97. The summed E-state index contributed by atoms with van der Waals surface area (Å²) in [5.74, 6) is 0.421. The lowest BCUT2D eigenvalue weighted by Gasteiger charge is -2.10. The van der Waals surface area contributed by atoms with Crippen LogP contribution in [0.2, 0.25) is 0 Å². The van der Waals surface area contributed by atoms with Crippen LogP contribution < -0.4 is 4.74 Å². The lowest BCUT2D eigenvalue weighted by molar-refractivity contribution is 0.0987. The van der Waals surface area contributed by atoms with Gasteiger partial charge in [-0.2, -0.15) is 5.11 Å². The summed E-state index contributed by atoms with van der Waals surface area (Å²) in [6.45, 7) is 2.98. The predicted octanol–water partition coefficient (Wildman–Crippen LogP) is 2.19. The molecule has 0 radical (unpaired) electrons. The van der Waals surface area contributed by atoms with Gasteiger partial charge < -0.3 is 4.74 Å². The maximum atomic E-state index is 11.3. The fraction of sp³-hybridized carbons (Fsp3) is 0.300. The van der Waals surface area contributed by atoms with Crippen molar-refractivity contribution in [3.05, 3.63) is 29.3 Å². The maximum absolute atomic E-state index is 11.3. The zero-order valence-corrected chi connectivity index (χ0v) is 7.86. The minimum Gasteiger partial charge on any atom is -0.494 e. The van der Waals surface area contributed by atoms with Gasteiger partial charge >= 0.3 is 0 Å². The third kappa shape index (κ3) is 1.51. The van der Waals surface area contributed by atoms with Crippen LogP contribution in [0.3, 0.4) is 0 Å². The summed E-state index contributed by atoms with van der Waals surface area (Å²) in [6, 6.07) is 5.42. The molecule has 0 aromatic heterocycles. The number of nitrogens with zero attached hydrogens (tertiary/aromatic N) is 2. The molecular formula is C10H10N2O2. The van der Waals surface area contributed by atoms with Gasteiger partial charge in [0.2, 0.25) is 0 Å². The van der Waals surface area contributed by atoms with Gasteiger partial charge in [-0.15, -0.1) is 5.11 Å². The first-order valence-corrected chi connectivity index (χ1v) is 4.49. The second-order valence-electron chi connectivity index (χ2n) is 2.96. The first kappa shape index (κ1) is 8.87. The van der Waals surface area contributed by atoms with Gasteiger partial charge in [0.15, 0.2) is 0 Å². The molecule has 1 aliphatic rings. The maximum Gasteiger partial charge on any atom is 0.295 e. The van der Waals surface area contributed by atoms with Crippen molar-refractivity contribution in [2.75, 3.05) is 6.61 Å². The monoisotopic (exact) mass is 190 g/mol. The molecule has 0 saturated carbocycles. The zero-order valence-electron chi connectivity index (χ0n) is 7.86. The number of rotatable bonds is 2. The molecule has 1 aromatic rings. The van der Waals surface area contributed by atoms with Crippen LogP contribution in [0.5, 0.6) is 5.75 Å². The van der Waals surface area contributed by atoms with Gasteiger partial charge in [0.05, 0.1) is 18.7 Å². The molecule has 72 valence electrons. The third-order valence-corrected chi connectivity index (χ3v) is 2.03. The summed E-state index contributed by atoms with van der Waals surface area (Å²) >= 11 is 0. The minimum absolute atomic E-state index is 0.284. The molecule has 1 amide bonds. The van der Waals surface area contributed by atoms with Gasteiger partial charge in [0, 0.05) is 0 Å². The Morgan fingerprint density at radius 3 is 3.14 bits per heavy atom. The number of hydrogen-bond acceptors (Lipinski definition) is 3. The fourth-order valence-electron chi connectivity index (χ4n) is 1.38. The molecule has 2 rings (SSSR count). The first-order valence-electron chi connectivity index (χ1n) is 4.49. The van der Waals surface area contributed by atoms with Crippen LogP contribution in [0.4, 0.5) is 0 Å². The number of carbonyl (C=O) groups excluding carboxylic acids is 1. The van der Waals surface area contributed by atoms with Crippen molar-refractivity contribution < 1.29 is 9.53 Å². The Balaban J connectivity index is 2.39. The van der Waals surface area contributed by atoms with Crippen LogP contribution in [-0.2, 0) is 6.54 Å². The normalized spacial score (nSPS) is 13.9. The number of benzene rings is 1. The molecule has 14 heavy (non-hydrogen) atoms. The van der Waals surface area contributed by atoms with E-state index in [-0.39, 0.29) is 5.91 Å². The Hall–Kier alpha value is -1.71. The second-order valence-corrected chi connectivity index (χ2v) is 2.96. The average Bonchev–Trinajstić information content (AvgIpc) is 2.20. The molecule has 0 saturated heterocycles. The van der Waals surface area contributed by atoms with Gasteiger partial charge in [-0.1, -0.05) is 6.07 Å². The molecule has 0 spiro atoms. The number of fused-ring (bicyclic) bond motifs is 1. The van der Waals surface area contributed by atoms with E-state index in [1.807, 2.05) is 19.1 Å². The summed E-state index contributed by atoms with van der Waals surface area (Å²) in [5.41, 5.74) is 1.51. The molecule has 1 aromatic carbocycles. The van der Waals surface area contributed by atoms with E-state index in [0.29, 0.717) is 24.5 Å². The molecule has 0 bridgehead atoms. The summed E-state index contributed by atoms with van der Waals surface area (Å²) < 4.78 is 5.30. The van der Waals surface area contributed by atoms with Gasteiger partial charge in [0.25, 0.3) is 5.91 Å². The van der Waals surface area contributed by atoms with E-state index in [1.54, 1.807) is 6.07 Å². The van der Waals surface area contributed by atoms with Crippen LogP contribution >= 0.6 is 0 Å². The van der Waals surface area contributed by atoms with Gasteiger partial charge in [-0.3, -0.25) is 4.79 Å². The van der Waals surface area contributed by atoms with Crippen LogP contribution in [-0.4, -0.2) is 12.5 Å². The molecule has 1 aliphatic heterocycles. The minimum atomic E-state index is -0.284. The lowest BCUT2D eigenvalue weighted by Crippen LogP contribution is -2.05. The standard InChI is InChI=1S/C10H10N2O2/c1-2-14-8-4-3-7-6-11-12-10(13)9(7)5-8/h3-5H,2,6H2,1H3. The van der Waals surface area contributed by atoms with Crippen molar-refractivity contribution in [1.82, 2.24) is 0 Å². The van der Waals surface area contributed by atoms with E-state index in [9.17, 15) is 4.79 Å². The van der Waals surface area contributed by atoms with E-state index in [4.69, 9.17) is 4.74 Å². The zero-order chi connectivity index (χ0) is 9.97. The van der Waals surface area contributed by atoms with Crippen molar-refractivity contribution in [1.29, 1.82) is 0 Å². The summed E-state index contributed by atoms with van der Waals surface area (Å²) in [4.78, 5) is 11.3. The topological polar surface area (TPSA) is 51.0 Å². The molecule has 4 heteroatoms. The Morgan fingerprint density at radius 1 is 1.50 bits per heavy atom. The Bertz CT molecular complexity index is 399. The van der Waals surface area contributed by atoms with Crippen molar-refractivity contribution in [2.24, 2.45) is 10.2 Å². The highest BCUT2D eigenvalue weighted by atomic mass is 16.5. The van der Waals surface area contributed by atoms with Gasteiger partial charge in [0.1, 0.15) is 5.75 Å². The van der Waals surface area contributed by atoms with Gasteiger partial charge in [-0.05, 0) is 24.6 Å². The van der Waals surface area contributed by atoms with Crippen LogP contribution in [0, 0.1) is 0 Å². The molecule has 0 unspecified atom stereocenters. The Kier molecular flexibility index (Phi) is 2.26. The van der Waals surface area contributed by atoms with Crippen molar-refractivity contribution in [3.63, 3.8) is 0 Å². The van der Waals surface area contributed by atoms with E-state index in [1.165, 1.54) is 0 Å². The highest BCUT2D eigenvalue weighted by Crippen LogP contribution is 2.22. The first-order chi connectivity index (χ1) is 6.81.